The van der Waals surface area contributed by atoms with Crippen molar-refractivity contribution in [3.63, 3.8) is 0 Å². The fourth-order valence-electron chi connectivity index (χ4n) is 4.65. The van der Waals surface area contributed by atoms with Gasteiger partial charge in [0, 0.05) is 27.4 Å². The van der Waals surface area contributed by atoms with Gasteiger partial charge in [-0.3, -0.25) is 13.9 Å². The van der Waals surface area contributed by atoms with Crippen LogP contribution in [-0.4, -0.2) is 30.8 Å². The van der Waals surface area contributed by atoms with E-state index in [1.165, 1.54) is 6.07 Å². The van der Waals surface area contributed by atoms with E-state index >= 15 is 0 Å². The van der Waals surface area contributed by atoms with Crippen LogP contribution in [-0.2, 0) is 10.0 Å². The first-order valence-corrected chi connectivity index (χ1v) is 14.1. The van der Waals surface area contributed by atoms with Gasteiger partial charge in [-0.2, -0.15) is 0 Å². The van der Waals surface area contributed by atoms with Gasteiger partial charge in [-0.1, -0.05) is 83.9 Å². The molecule has 4 aromatic rings. The molecule has 0 atom stereocenters. The molecule has 0 fully saturated rings. The Labute approximate surface area is 232 Å². The molecule has 1 N–H and O–H groups in total. The number of allylic oxidation sites excluding steroid dienone is 1. The minimum Gasteiger partial charge on any atom is -0.353 e. The summed E-state index contributed by atoms with van der Waals surface area (Å²) >= 11 is 6.07. The summed E-state index contributed by atoms with van der Waals surface area (Å²) in [6.45, 7) is 3.18. The predicted octanol–water partition coefficient (Wildman–Crippen LogP) is 6.51. The summed E-state index contributed by atoms with van der Waals surface area (Å²) in [6, 6.07) is 27.1. The topological polar surface area (TPSA) is 83.6 Å². The first-order chi connectivity index (χ1) is 18.7. The number of halogens is 1. The molecular formula is C31H25ClN2O4S. The van der Waals surface area contributed by atoms with Gasteiger partial charge in [0.1, 0.15) is 5.70 Å². The minimum atomic E-state index is -4.27. The lowest BCUT2D eigenvalue weighted by Crippen LogP contribution is -2.42. The molecule has 0 saturated carbocycles. The number of hydrogen-bond donors (Lipinski definition) is 1. The zero-order chi connectivity index (χ0) is 27.7. The lowest BCUT2D eigenvalue weighted by molar-refractivity contribution is 0.0958. The number of anilines is 1. The van der Waals surface area contributed by atoms with Gasteiger partial charge in [0.15, 0.2) is 5.78 Å². The molecule has 0 saturated heterocycles. The van der Waals surface area contributed by atoms with E-state index in [2.05, 4.69) is 5.32 Å². The summed E-state index contributed by atoms with van der Waals surface area (Å²) in [5.41, 5.74) is 3.49. The minimum absolute atomic E-state index is 0.000460. The third kappa shape index (κ3) is 5.11. The second-order valence-corrected chi connectivity index (χ2v) is 11.6. The highest BCUT2D eigenvalue weighted by molar-refractivity contribution is 7.89. The van der Waals surface area contributed by atoms with Crippen molar-refractivity contribution in [3.8, 4) is 0 Å². The largest absolute Gasteiger partial charge is 0.353 e. The average molecular weight is 557 g/mol. The first kappa shape index (κ1) is 26.4. The maximum Gasteiger partial charge on any atom is 0.265 e. The van der Waals surface area contributed by atoms with Crippen LogP contribution in [0.15, 0.2) is 108 Å². The number of aryl methyl sites for hydroxylation is 2. The van der Waals surface area contributed by atoms with E-state index in [-0.39, 0.29) is 16.3 Å². The number of nitrogens with zero attached hydrogens (tertiary/aromatic N) is 1. The third-order valence-electron chi connectivity index (χ3n) is 6.54. The second kappa shape index (κ2) is 10.5. The zero-order valence-corrected chi connectivity index (χ0v) is 22.9. The SMILES string of the molecule is Cc1ccc(C(=O)CN2C(C(=O)c3ccccc3)=C(Nc3ccc(Cl)cc3)c3ccccc3S2(=O)=O)c(C)c1. The molecule has 4 aromatic carbocycles. The quantitative estimate of drug-likeness (QED) is 0.262. The van der Waals surface area contributed by atoms with Crippen molar-refractivity contribution in [1.82, 2.24) is 4.31 Å². The van der Waals surface area contributed by atoms with Crippen molar-refractivity contribution in [2.45, 2.75) is 18.7 Å². The normalized spacial score (nSPS) is 14.1. The molecule has 0 bridgehead atoms. The lowest BCUT2D eigenvalue weighted by Gasteiger charge is -2.33. The molecule has 39 heavy (non-hydrogen) atoms. The maximum atomic E-state index is 14.1. The highest BCUT2D eigenvalue weighted by Gasteiger charge is 2.41. The van der Waals surface area contributed by atoms with Crippen molar-refractivity contribution in [2.75, 3.05) is 11.9 Å². The van der Waals surface area contributed by atoms with Crippen LogP contribution in [0.3, 0.4) is 0 Å². The van der Waals surface area contributed by atoms with E-state index < -0.39 is 28.1 Å². The van der Waals surface area contributed by atoms with Crippen molar-refractivity contribution in [1.29, 1.82) is 0 Å². The average Bonchev–Trinajstić information content (AvgIpc) is 2.93. The van der Waals surface area contributed by atoms with Crippen LogP contribution in [0.2, 0.25) is 5.02 Å². The van der Waals surface area contributed by atoms with E-state index in [9.17, 15) is 18.0 Å². The summed E-state index contributed by atoms with van der Waals surface area (Å²) in [7, 11) is -4.27. The van der Waals surface area contributed by atoms with Gasteiger partial charge < -0.3 is 5.32 Å². The maximum absolute atomic E-state index is 14.1. The molecule has 0 unspecified atom stereocenters. The molecule has 196 valence electrons. The van der Waals surface area contributed by atoms with Crippen LogP contribution >= 0.6 is 11.6 Å². The number of fused-ring (bicyclic) bond motifs is 1. The number of carbonyl (C=O) groups is 2. The van der Waals surface area contributed by atoms with Gasteiger partial charge in [0.2, 0.25) is 5.78 Å². The zero-order valence-electron chi connectivity index (χ0n) is 21.3. The standard InChI is InChI=1S/C31H25ClN2O4S/c1-20-12-17-25(21(2)18-20)27(35)19-34-30(31(36)22-8-4-3-5-9-22)29(33-24-15-13-23(32)14-16-24)26-10-6-7-11-28(26)39(34,37)38/h3-18,33H,19H2,1-2H3. The monoisotopic (exact) mass is 556 g/mol. The molecular weight excluding hydrogens is 532 g/mol. The fourth-order valence-corrected chi connectivity index (χ4v) is 6.42. The van der Waals surface area contributed by atoms with E-state index in [0.717, 1.165) is 15.4 Å². The number of carbonyl (C=O) groups excluding carboxylic acids is 2. The number of hydrogen-bond acceptors (Lipinski definition) is 5. The Hall–Kier alpha value is -4.20. The third-order valence-corrected chi connectivity index (χ3v) is 8.60. The van der Waals surface area contributed by atoms with Crippen molar-refractivity contribution in [3.05, 3.63) is 136 Å². The molecule has 1 aliphatic rings. The summed E-state index contributed by atoms with van der Waals surface area (Å²) in [5.74, 6) is -0.946. The van der Waals surface area contributed by atoms with E-state index in [0.29, 0.717) is 27.4 Å². The second-order valence-electron chi connectivity index (χ2n) is 9.30. The number of Topliss-reactive ketones (excluding diaryl/α,β-unsaturated/α-hetero) is 2. The first-order valence-electron chi connectivity index (χ1n) is 12.3. The lowest BCUT2D eigenvalue weighted by atomic mass is 10.0. The van der Waals surface area contributed by atoms with Gasteiger partial charge in [-0.25, -0.2) is 8.42 Å². The van der Waals surface area contributed by atoms with E-state index in [1.54, 1.807) is 91.9 Å². The Morgan fingerprint density at radius 2 is 1.51 bits per heavy atom. The Balaban J connectivity index is 1.73. The molecule has 8 heteroatoms. The van der Waals surface area contributed by atoms with Crippen molar-refractivity contribution in [2.24, 2.45) is 0 Å². The van der Waals surface area contributed by atoms with Crippen LogP contribution in [0.5, 0.6) is 0 Å². The summed E-state index contributed by atoms with van der Waals surface area (Å²) < 4.78 is 29.0. The van der Waals surface area contributed by atoms with Gasteiger partial charge in [-0.15, -0.1) is 0 Å². The molecule has 0 amide bonds. The molecule has 0 aliphatic carbocycles. The van der Waals surface area contributed by atoms with Crippen LogP contribution in [0.4, 0.5) is 5.69 Å². The predicted molar refractivity (Wildman–Crippen MR) is 153 cm³/mol. The Kier molecular flexibility index (Phi) is 7.12. The summed E-state index contributed by atoms with van der Waals surface area (Å²) in [6.07, 6.45) is 0. The summed E-state index contributed by atoms with van der Waals surface area (Å²) in [5, 5.41) is 3.78. The van der Waals surface area contributed by atoms with Crippen molar-refractivity contribution >= 4 is 44.6 Å². The number of ketones is 2. The fraction of sp³-hybridized carbons (Fsp3) is 0.0968. The highest BCUT2D eigenvalue weighted by atomic mass is 35.5. The number of rotatable bonds is 7. The Morgan fingerprint density at radius 1 is 0.846 bits per heavy atom. The molecule has 0 radical (unpaired) electrons. The van der Waals surface area contributed by atoms with Crippen molar-refractivity contribution < 1.29 is 18.0 Å². The Morgan fingerprint density at radius 3 is 2.21 bits per heavy atom. The number of benzene rings is 4. The van der Waals surface area contributed by atoms with Gasteiger partial charge in [0.05, 0.1) is 17.1 Å². The summed E-state index contributed by atoms with van der Waals surface area (Å²) in [4.78, 5) is 27.6. The van der Waals surface area contributed by atoms with E-state index in [1.807, 2.05) is 13.0 Å². The van der Waals surface area contributed by atoms with Crippen LogP contribution in [0, 0.1) is 13.8 Å². The number of sulfonamides is 1. The highest BCUT2D eigenvalue weighted by Crippen LogP contribution is 2.39. The van der Waals surface area contributed by atoms with Gasteiger partial charge in [0.25, 0.3) is 10.0 Å². The van der Waals surface area contributed by atoms with Crippen LogP contribution in [0.1, 0.15) is 37.4 Å². The van der Waals surface area contributed by atoms with Gasteiger partial charge in [-0.05, 0) is 49.7 Å². The van der Waals surface area contributed by atoms with Gasteiger partial charge >= 0.3 is 0 Å². The molecule has 1 heterocycles. The molecule has 1 aliphatic heterocycles. The van der Waals surface area contributed by atoms with E-state index in [4.69, 9.17) is 11.6 Å². The number of nitrogens with one attached hydrogen (secondary N) is 1. The molecule has 0 spiro atoms. The molecule has 0 aromatic heterocycles. The Bertz CT molecular complexity index is 1730. The van der Waals surface area contributed by atoms with Crippen LogP contribution in [0.25, 0.3) is 5.70 Å². The molecule has 5 rings (SSSR count). The van der Waals surface area contributed by atoms with Crippen LogP contribution < -0.4 is 5.32 Å². The smallest absolute Gasteiger partial charge is 0.265 e. The molecule has 6 nitrogen and oxygen atoms in total.